The van der Waals surface area contributed by atoms with Gasteiger partial charge in [0.25, 0.3) is 0 Å². The van der Waals surface area contributed by atoms with Gasteiger partial charge in [-0.05, 0) is 54.4 Å². The zero-order chi connectivity index (χ0) is 18.0. The topological polar surface area (TPSA) is 38.1 Å². The summed E-state index contributed by atoms with van der Waals surface area (Å²) in [4.78, 5) is 14.5. The fraction of sp³-hybridized carbons (Fsp3) is 0.500. The van der Waals surface area contributed by atoms with Crippen molar-refractivity contribution in [2.45, 2.75) is 51.6 Å². The van der Waals surface area contributed by atoms with E-state index < -0.39 is 0 Å². The van der Waals surface area contributed by atoms with Crippen molar-refractivity contribution in [1.29, 1.82) is 0 Å². The predicted octanol–water partition coefficient (Wildman–Crippen LogP) is 3.63. The van der Waals surface area contributed by atoms with Crippen LogP contribution in [0.5, 0.6) is 0 Å². The summed E-state index contributed by atoms with van der Waals surface area (Å²) < 4.78 is 14.8. The molecule has 1 aliphatic carbocycles. The van der Waals surface area contributed by atoms with Crippen molar-refractivity contribution in [3.8, 4) is 0 Å². The molecule has 4 nitrogen and oxygen atoms in total. The van der Waals surface area contributed by atoms with Crippen LogP contribution in [0.1, 0.15) is 43.7 Å². The lowest BCUT2D eigenvalue weighted by atomic mass is 9.95. The summed E-state index contributed by atoms with van der Waals surface area (Å²) in [5.74, 6) is 0.757. The summed E-state index contributed by atoms with van der Waals surface area (Å²) in [5.41, 5.74) is 2.28. The lowest BCUT2D eigenvalue weighted by Crippen LogP contribution is -2.43. The number of rotatable bonds is 7. The number of hydrogen-bond acceptors (Lipinski definition) is 2. The average molecular weight is 343 g/mol. The van der Waals surface area contributed by atoms with Gasteiger partial charge in [0, 0.05) is 19.3 Å². The molecule has 0 aliphatic heterocycles. The molecule has 0 saturated heterocycles. The molecule has 3 rings (SSSR count). The largest absolute Gasteiger partial charge is 0.341 e. The van der Waals surface area contributed by atoms with E-state index in [-0.39, 0.29) is 24.3 Å². The van der Waals surface area contributed by atoms with Gasteiger partial charge >= 0.3 is 0 Å². The lowest BCUT2D eigenvalue weighted by Gasteiger charge is -2.31. The van der Waals surface area contributed by atoms with Gasteiger partial charge in [0.15, 0.2) is 0 Å². The van der Waals surface area contributed by atoms with E-state index in [0.717, 1.165) is 5.56 Å². The highest BCUT2D eigenvalue weighted by atomic mass is 19.1. The second-order valence-electron chi connectivity index (χ2n) is 7.39. The molecule has 0 N–H and O–H groups in total. The van der Waals surface area contributed by atoms with Crippen LogP contribution in [0.3, 0.4) is 0 Å². The molecule has 1 heterocycles. The Labute approximate surface area is 148 Å². The van der Waals surface area contributed by atoms with E-state index in [2.05, 4.69) is 18.9 Å². The van der Waals surface area contributed by atoms with E-state index in [4.69, 9.17) is 0 Å². The van der Waals surface area contributed by atoms with Crippen molar-refractivity contribution in [1.82, 2.24) is 14.7 Å². The molecule has 1 fully saturated rings. The van der Waals surface area contributed by atoms with Gasteiger partial charge in [-0.15, -0.1) is 0 Å². The predicted molar refractivity (Wildman–Crippen MR) is 95.7 cm³/mol. The van der Waals surface area contributed by atoms with Gasteiger partial charge in [-0.25, -0.2) is 4.39 Å². The van der Waals surface area contributed by atoms with Gasteiger partial charge in [0.1, 0.15) is 12.4 Å². The Bertz CT molecular complexity index is 719. The van der Waals surface area contributed by atoms with Crippen molar-refractivity contribution in [3.05, 3.63) is 53.6 Å². The van der Waals surface area contributed by atoms with E-state index in [9.17, 15) is 9.18 Å². The number of amides is 1. The molecule has 134 valence electrons. The Balaban J connectivity index is 1.64. The van der Waals surface area contributed by atoms with Crippen molar-refractivity contribution in [2.75, 3.05) is 7.05 Å². The van der Waals surface area contributed by atoms with Crippen LogP contribution < -0.4 is 0 Å². The molecule has 25 heavy (non-hydrogen) atoms. The van der Waals surface area contributed by atoms with E-state index in [1.165, 1.54) is 30.5 Å². The maximum absolute atomic E-state index is 13.1. The van der Waals surface area contributed by atoms with Gasteiger partial charge in [-0.3, -0.25) is 9.48 Å². The molecule has 1 saturated carbocycles. The number of nitrogens with zero attached hydrogens (tertiary/aromatic N) is 3. The lowest BCUT2D eigenvalue weighted by molar-refractivity contribution is -0.133. The molecule has 0 bridgehead atoms. The number of hydrogen-bond donors (Lipinski definition) is 0. The molecule has 1 unspecified atom stereocenters. The monoisotopic (exact) mass is 343 g/mol. The smallest absolute Gasteiger partial charge is 0.244 e. The molecule has 5 heteroatoms. The first kappa shape index (κ1) is 17.6. The first-order valence-electron chi connectivity index (χ1n) is 8.96. The van der Waals surface area contributed by atoms with Crippen LogP contribution in [0, 0.1) is 11.7 Å². The molecule has 0 radical (unpaired) electrons. The Kier molecular flexibility index (Phi) is 5.21. The summed E-state index contributed by atoms with van der Waals surface area (Å²) in [7, 11) is 1.85. The number of aromatic nitrogens is 2. The fourth-order valence-electron chi connectivity index (χ4n) is 3.21. The Morgan fingerprint density at radius 1 is 1.32 bits per heavy atom. The molecular formula is C20H26FN3O. The van der Waals surface area contributed by atoms with Crippen LogP contribution in [-0.2, 0) is 17.8 Å². The van der Waals surface area contributed by atoms with Gasteiger partial charge < -0.3 is 4.90 Å². The Morgan fingerprint density at radius 2 is 2.00 bits per heavy atom. The molecule has 1 aliphatic rings. The van der Waals surface area contributed by atoms with Crippen LogP contribution in [0.15, 0.2) is 36.7 Å². The van der Waals surface area contributed by atoms with Gasteiger partial charge in [0.05, 0.1) is 6.20 Å². The maximum Gasteiger partial charge on any atom is 0.244 e. The number of benzene rings is 1. The average Bonchev–Trinajstić information content (AvgIpc) is 3.33. The van der Waals surface area contributed by atoms with Gasteiger partial charge in [-0.1, -0.05) is 26.0 Å². The SMILES string of the molecule is CC(C)C(Cc1ccc(F)cc1)N(C)C(=O)Cn1cc(C2CC2)cn1. The van der Waals surface area contributed by atoms with Gasteiger partial charge in [0.2, 0.25) is 5.91 Å². The van der Waals surface area contributed by atoms with Crippen LogP contribution in [0.4, 0.5) is 4.39 Å². The molecule has 1 amide bonds. The summed E-state index contributed by atoms with van der Waals surface area (Å²) in [6.07, 6.45) is 7.04. The molecular weight excluding hydrogens is 317 g/mol. The summed E-state index contributed by atoms with van der Waals surface area (Å²) in [5, 5.41) is 4.33. The van der Waals surface area contributed by atoms with Crippen molar-refractivity contribution < 1.29 is 9.18 Å². The standard InChI is InChI=1S/C20H26FN3O/c1-14(2)19(10-15-4-8-18(21)9-5-15)23(3)20(25)13-24-12-17(11-22-24)16-6-7-16/h4-5,8-9,11-12,14,16,19H,6-7,10,13H2,1-3H3. The minimum Gasteiger partial charge on any atom is -0.341 e. The minimum absolute atomic E-state index is 0.0475. The second-order valence-corrected chi connectivity index (χ2v) is 7.39. The number of carbonyl (C=O) groups is 1. The third kappa shape index (κ3) is 4.47. The van der Waals surface area contributed by atoms with E-state index in [0.29, 0.717) is 18.3 Å². The molecule has 1 aromatic carbocycles. The fourth-order valence-corrected chi connectivity index (χ4v) is 3.21. The maximum atomic E-state index is 13.1. The zero-order valence-electron chi connectivity index (χ0n) is 15.2. The molecule has 0 spiro atoms. The van der Waals surface area contributed by atoms with E-state index in [1.807, 2.05) is 24.3 Å². The molecule has 1 atom stereocenters. The van der Waals surface area contributed by atoms with E-state index >= 15 is 0 Å². The summed E-state index contributed by atoms with van der Waals surface area (Å²) in [6, 6.07) is 6.59. The minimum atomic E-state index is -0.237. The Morgan fingerprint density at radius 3 is 2.60 bits per heavy atom. The van der Waals surface area contributed by atoms with E-state index in [1.54, 1.807) is 16.8 Å². The molecule has 1 aromatic heterocycles. The first-order valence-corrected chi connectivity index (χ1v) is 8.96. The summed E-state index contributed by atoms with van der Waals surface area (Å²) >= 11 is 0. The first-order chi connectivity index (χ1) is 11.9. The van der Waals surface area contributed by atoms with Crippen LogP contribution in [0.2, 0.25) is 0 Å². The highest BCUT2D eigenvalue weighted by Gasteiger charge is 2.26. The quantitative estimate of drug-likeness (QED) is 0.770. The third-order valence-corrected chi connectivity index (χ3v) is 5.02. The number of likely N-dealkylation sites (N-methyl/N-ethyl adjacent to an activating group) is 1. The van der Waals surface area contributed by atoms with Crippen LogP contribution >= 0.6 is 0 Å². The van der Waals surface area contributed by atoms with Gasteiger partial charge in [-0.2, -0.15) is 5.10 Å². The van der Waals surface area contributed by atoms with Crippen molar-refractivity contribution in [2.24, 2.45) is 5.92 Å². The summed E-state index contributed by atoms with van der Waals surface area (Å²) in [6.45, 7) is 4.48. The number of carbonyl (C=O) groups excluding carboxylic acids is 1. The molecule has 2 aromatic rings. The normalized spacial score (nSPS) is 15.4. The van der Waals surface area contributed by atoms with Crippen LogP contribution in [0.25, 0.3) is 0 Å². The zero-order valence-corrected chi connectivity index (χ0v) is 15.2. The Hall–Kier alpha value is -2.17. The third-order valence-electron chi connectivity index (χ3n) is 5.02. The highest BCUT2D eigenvalue weighted by molar-refractivity contribution is 5.76. The van der Waals surface area contributed by atoms with Crippen LogP contribution in [-0.4, -0.2) is 33.7 Å². The van der Waals surface area contributed by atoms with Crippen molar-refractivity contribution >= 4 is 5.91 Å². The second kappa shape index (κ2) is 7.38. The number of halogens is 1. The highest BCUT2D eigenvalue weighted by Crippen LogP contribution is 2.39. The van der Waals surface area contributed by atoms with Crippen molar-refractivity contribution in [3.63, 3.8) is 0 Å².